The molecule has 286 valence electrons. The Bertz CT molecular complexity index is 2120. The van der Waals surface area contributed by atoms with Gasteiger partial charge < -0.3 is 33.5 Å². The molecule has 0 aliphatic carbocycles. The third-order valence-corrected chi connectivity index (χ3v) is 11.0. The lowest BCUT2D eigenvalue weighted by Gasteiger charge is -2.41. The predicted molar refractivity (Wildman–Crippen MR) is 208 cm³/mol. The van der Waals surface area contributed by atoms with E-state index in [9.17, 15) is 19.2 Å². The maximum Gasteiger partial charge on any atom is 0.250 e. The maximum absolute atomic E-state index is 12.8. The zero-order chi connectivity index (χ0) is 38.7. The lowest BCUT2D eigenvalue weighted by molar-refractivity contribution is -0.133. The van der Waals surface area contributed by atoms with Gasteiger partial charge in [0.15, 0.2) is 0 Å². The summed E-state index contributed by atoms with van der Waals surface area (Å²) in [4.78, 5) is 65.7. The highest BCUT2D eigenvalue weighted by molar-refractivity contribution is 5.78. The van der Waals surface area contributed by atoms with E-state index in [0.717, 1.165) is 77.1 Å². The van der Waals surface area contributed by atoms with Crippen LogP contribution in [0.5, 0.6) is 5.75 Å². The highest BCUT2D eigenvalue weighted by Gasteiger charge is 2.35. The Balaban J connectivity index is 0.000000177. The van der Waals surface area contributed by atoms with Gasteiger partial charge in [-0.3, -0.25) is 19.2 Å². The van der Waals surface area contributed by atoms with Crippen LogP contribution in [0.15, 0.2) is 64.6 Å². The van der Waals surface area contributed by atoms with Crippen molar-refractivity contribution in [2.75, 3.05) is 43.1 Å². The Labute approximate surface area is 316 Å². The van der Waals surface area contributed by atoms with E-state index < -0.39 is 0 Å². The Morgan fingerprint density at radius 3 is 1.74 bits per heavy atom. The molecule has 3 aromatic heterocycles. The van der Waals surface area contributed by atoms with Crippen molar-refractivity contribution in [3.63, 3.8) is 0 Å². The van der Waals surface area contributed by atoms with Crippen LogP contribution in [0.1, 0.15) is 60.3 Å². The van der Waals surface area contributed by atoms with Crippen LogP contribution in [-0.4, -0.2) is 74.0 Å². The van der Waals surface area contributed by atoms with Crippen LogP contribution in [0.25, 0.3) is 0 Å². The molecule has 7 heterocycles. The maximum atomic E-state index is 12.8. The summed E-state index contributed by atoms with van der Waals surface area (Å²) >= 11 is 0. The second-order valence-electron chi connectivity index (χ2n) is 14.5. The van der Waals surface area contributed by atoms with Crippen LogP contribution < -0.4 is 25.7 Å². The molecule has 8 rings (SSSR count). The van der Waals surface area contributed by atoms with Crippen LogP contribution in [0.4, 0.5) is 11.5 Å². The van der Waals surface area contributed by atoms with Crippen LogP contribution in [0.2, 0.25) is 0 Å². The first-order chi connectivity index (χ1) is 26.0. The average molecular weight is 737 g/mol. The van der Waals surface area contributed by atoms with Gasteiger partial charge in [-0.05, 0) is 54.3 Å². The molecule has 13 heteroatoms. The van der Waals surface area contributed by atoms with Crippen LogP contribution in [-0.2, 0) is 49.9 Å². The lowest BCUT2D eigenvalue weighted by atomic mass is 9.95. The molecule has 0 radical (unpaired) electrons. The summed E-state index contributed by atoms with van der Waals surface area (Å²) in [6.07, 6.45) is 4.38. The van der Waals surface area contributed by atoms with Crippen molar-refractivity contribution in [2.24, 2.45) is 25.9 Å². The Hall–Kier alpha value is -5.46. The van der Waals surface area contributed by atoms with Gasteiger partial charge in [0.25, 0.3) is 11.1 Å². The van der Waals surface area contributed by atoms with Gasteiger partial charge in [-0.1, -0.05) is 19.9 Å². The standard InChI is InChI=1S/C21H25N3O3.C18H21N5O2.C2H6/c1-14-7-20(25)22(2)19-13-24(12-18(14)19)21(26)8-15-10-23(11-15)16-5-4-6-17(9-16)27-3;1-12-5-17(24)21(2)15-10-23(9-14(12)15)18(25)6-13-7-22(8-13)16-3-4-19-11-20-16;1-2/h4-7,9,15H,8,10-13H2,1-3H3;3-5,11,13H,6-10H2,1-2H3;1-2H3. The molecule has 4 aromatic rings. The smallest absolute Gasteiger partial charge is 0.250 e. The van der Waals surface area contributed by atoms with Gasteiger partial charge in [0, 0.05) is 120 Å². The van der Waals surface area contributed by atoms with Gasteiger partial charge in [-0.25, -0.2) is 9.97 Å². The molecule has 0 atom stereocenters. The van der Waals surface area contributed by atoms with Gasteiger partial charge in [0.1, 0.15) is 17.9 Å². The van der Waals surface area contributed by atoms with Crippen LogP contribution in [0.3, 0.4) is 0 Å². The monoisotopic (exact) mass is 736 g/mol. The number of nitrogens with zero attached hydrogens (tertiary/aromatic N) is 8. The number of amides is 2. The van der Waals surface area contributed by atoms with E-state index in [2.05, 4.69) is 25.8 Å². The number of pyridine rings is 2. The molecule has 2 saturated heterocycles. The van der Waals surface area contributed by atoms with E-state index in [0.29, 0.717) is 50.9 Å². The minimum atomic E-state index is -0.00923. The fourth-order valence-electron chi connectivity index (χ4n) is 7.73. The molecule has 54 heavy (non-hydrogen) atoms. The van der Waals surface area contributed by atoms with Gasteiger partial charge in [0.2, 0.25) is 11.8 Å². The Kier molecular flexibility index (Phi) is 11.5. The molecule has 4 aliphatic rings. The Morgan fingerprint density at radius 2 is 1.26 bits per heavy atom. The molecule has 0 unspecified atom stereocenters. The summed E-state index contributed by atoms with van der Waals surface area (Å²) in [6.45, 7) is 13.6. The Morgan fingerprint density at radius 1 is 0.741 bits per heavy atom. The van der Waals surface area contributed by atoms with E-state index in [-0.39, 0.29) is 22.9 Å². The first kappa shape index (κ1) is 38.3. The highest BCUT2D eigenvalue weighted by atomic mass is 16.5. The number of methoxy groups -OCH3 is 1. The molecule has 0 saturated carbocycles. The van der Waals surface area contributed by atoms with Crippen molar-refractivity contribution in [2.45, 2.75) is 66.7 Å². The zero-order valence-electron chi connectivity index (χ0n) is 32.5. The highest BCUT2D eigenvalue weighted by Crippen LogP contribution is 2.32. The summed E-state index contributed by atoms with van der Waals surface area (Å²) in [6, 6.07) is 13.2. The number of fused-ring (bicyclic) bond motifs is 2. The molecule has 13 nitrogen and oxygen atoms in total. The second-order valence-corrected chi connectivity index (χ2v) is 14.5. The first-order valence-electron chi connectivity index (χ1n) is 18.8. The molecular formula is C41H52N8O5. The van der Waals surface area contributed by atoms with Crippen molar-refractivity contribution in [1.82, 2.24) is 28.9 Å². The van der Waals surface area contributed by atoms with Gasteiger partial charge >= 0.3 is 0 Å². The van der Waals surface area contributed by atoms with Crippen molar-refractivity contribution in [3.05, 3.63) is 109 Å². The number of aromatic nitrogens is 4. The zero-order valence-corrected chi connectivity index (χ0v) is 32.5. The minimum Gasteiger partial charge on any atom is -0.497 e. The summed E-state index contributed by atoms with van der Waals surface area (Å²) in [7, 11) is 5.23. The quantitative estimate of drug-likeness (QED) is 0.277. The van der Waals surface area contributed by atoms with Crippen LogP contribution >= 0.6 is 0 Å². The number of carbonyl (C=O) groups is 2. The van der Waals surface area contributed by atoms with Crippen molar-refractivity contribution in [3.8, 4) is 5.75 Å². The molecule has 4 aliphatic heterocycles. The molecule has 0 N–H and O–H groups in total. The van der Waals surface area contributed by atoms with E-state index >= 15 is 0 Å². The second kappa shape index (κ2) is 16.3. The fraction of sp³-hybridized carbons (Fsp3) is 0.463. The molecule has 2 amide bonds. The van der Waals surface area contributed by atoms with E-state index in [1.807, 2.05) is 61.8 Å². The third kappa shape index (κ3) is 7.90. The van der Waals surface area contributed by atoms with E-state index in [1.165, 1.54) is 0 Å². The number of anilines is 2. The summed E-state index contributed by atoms with van der Waals surface area (Å²) < 4.78 is 8.61. The number of hydrogen-bond donors (Lipinski definition) is 0. The van der Waals surface area contributed by atoms with E-state index in [1.54, 1.807) is 55.0 Å². The fourth-order valence-corrected chi connectivity index (χ4v) is 7.73. The van der Waals surface area contributed by atoms with Gasteiger partial charge in [0.05, 0.1) is 20.2 Å². The third-order valence-electron chi connectivity index (χ3n) is 11.0. The van der Waals surface area contributed by atoms with Crippen LogP contribution in [0, 0.1) is 25.7 Å². The van der Waals surface area contributed by atoms with E-state index in [4.69, 9.17) is 4.74 Å². The minimum absolute atomic E-state index is 0.00604. The van der Waals surface area contributed by atoms with Gasteiger partial charge in [-0.15, -0.1) is 0 Å². The number of benzene rings is 1. The normalized spacial score (nSPS) is 16.0. The molecular weight excluding hydrogens is 685 g/mol. The number of rotatable bonds is 7. The summed E-state index contributed by atoms with van der Waals surface area (Å²) in [5, 5.41) is 0. The molecule has 0 bridgehead atoms. The molecule has 2 fully saturated rings. The number of hydrogen-bond acceptors (Lipinski definition) is 9. The van der Waals surface area contributed by atoms with Gasteiger partial charge in [-0.2, -0.15) is 0 Å². The summed E-state index contributed by atoms with van der Waals surface area (Å²) in [5.41, 5.74) is 7.26. The SMILES string of the molecule is CC.COc1cccc(N2CC(CC(=O)N3Cc4c(C)cc(=O)n(C)c4C3)C2)c1.Cc1cc(=O)n(C)c2c1CN(C(=O)CC1CN(c3ccncn3)C1)C2. The first-order valence-corrected chi connectivity index (χ1v) is 18.8. The average Bonchev–Trinajstić information content (AvgIpc) is 3.81. The number of aryl methyl sites for hydroxylation is 2. The van der Waals surface area contributed by atoms with Crippen molar-refractivity contribution < 1.29 is 14.3 Å². The lowest BCUT2D eigenvalue weighted by Crippen LogP contribution is -2.49. The predicted octanol–water partition coefficient (Wildman–Crippen LogP) is 3.95. The summed E-state index contributed by atoms with van der Waals surface area (Å²) in [5.74, 6) is 2.83. The number of carbonyl (C=O) groups excluding carboxylic acids is 2. The number of ether oxygens (including phenoxy) is 1. The molecule has 0 spiro atoms. The molecule has 1 aromatic carbocycles. The van der Waals surface area contributed by atoms with Crippen molar-refractivity contribution in [1.29, 1.82) is 0 Å². The van der Waals surface area contributed by atoms with Crippen molar-refractivity contribution >= 4 is 23.3 Å². The topological polar surface area (TPSA) is 126 Å². The largest absolute Gasteiger partial charge is 0.497 e.